The fraction of sp³-hybridized carbons (Fsp3) is 0.559. The van der Waals surface area contributed by atoms with Gasteiger partial charge in [0, 0.05) is 26.1 Å². The summed E-state index contributed by atoms with van der Waals surface area (Å²) in [5.41, 5.74) is 7.54. The van der Waals surface area contributed by atoms with Crippen molar-refractivity contribution in [1.82, 2.24) is 26.2 Å². The molecule has 0 spiro atoms. The Morgan fingerprint density at radius 1 is 1.15 bits per heavy atom. The van der Waals surface area contributed by atoms with Gasteiger partial charge in [0.15, 0.2) is 0 Å². The van der Waals surface area contributed by atoms with Crippen molar-refractivity contribution >= 4 is 30.9 Å². The molecule has 1 saturated heterocycles. The summed E-state index contributed by atoms with van der Waals surface area (Å²) in [5, 5.41) is 17.7. The Balaban J connectivity index is -0.000000568. The molecular weight excluding hydrogens is 588 g/mol. The molecule has 12 heteroatoms. The molecule has 1 aromatic rings. The number of benzene rings is 1. The first-order valence-corrected chi connectivity index (χ1v) is 15.3. The number of aldehydes is 2. The molecule has 0 saturated carbocycles. The van der Waals surface area contributed by atoms with Crippen LogP contribution >= 0.6 is 0 Å². The van der Waals surface area contributed by atoms with Gasteiger partial charge in [-0.2, -0.15) is 0 Å². The second-order valence-corrected chi connectivity index (χ2v) is 10.3. The summed E-state index contributed by atoms with van der Waals surface area (Å²) in [7, 11) is 6.75. The minimum absolute atomic E-state index is 0.0679. The van der Waals surface area contributed by atoms with E-state index in [1.54, 1.807) is 6.08 Å². The van der Waals surface area contributed by atoms with Gasteiger partial charge in [0.05, 0.1) is 12.1 Å². The highest BCUT2D eigenvalue weighted by atomic mass is 16.2. The summed E-state index contributed by atoms with van der Waals surface area (Å²) in [5.74, 6) is 2.87. The number of aliphatic hydroxyl groups is 1. The van der Waals surface area contributed by atoms with E-state index in [0.717, 1.165) is 71.2 Å². The summed E-state index contributed by atoms with van der Waals surface area (Å²) in [6.45, 7) is 8.65. The largest absolute Gasteiger partial charge is 0.400 e. The van der Waals surface area contributed by atoms with Crippen molar-refractivity contribution in [2.24, 2.45) is 11.7 Å². The molecule has 46 heavy (non-hydrogen) atoms. The lowest BCUT2D eigenvalue weighted by atomic mass is 9.98. The van der Waals surface area contributed by atoms with Crippen LogP contribution in [0.5, 0.6) is 0 Å². The molecule has 1 aromatic carbocycles. The number of carbonyl (C=O) groups excluding carboxylic acids is 5. The Morgan fingerprint density at radius 3 is 2.09 bits per heavy atom. The Morgan fingerprint density at radius 2 is 1.70 bits per heavy atom. The predicted octanol–water partition coefficient (Wildman–Crippen LogP) is 1.59. The third-order valence-electron chi connectivity index (χ3n) is 6.56. The number of urea groups is 1. The van der Waals surface area contributed by atoms with Crippen LogP contribution in [0.15, 0.2) is 36.9 Å². The third-order valence-corrected chi connectivity index (χ3v) is 6.56. The van der Waals surface area contributed by atoms with Gasteiger partial charge in [0.25, 0.3) is 0 Å². The van der Waals surface area contributed by atoms with Crippen LogP contribution in [0.25, 0.3) is 0 Å². The molecule has 1 fully saturated rings. The SMILES string of the molecule is C#CCCC(C)NC(=O)C1CCCN1C.C=CCCNC=O.CC=O.CNC.CO.NC(=O)NC(C=O)C1Cc2ccccc2C1. The van der Waals surface area contributed by atoms with Crippen LogP contribution in [0, 0.1) is 18.3 Å². The van der Waals surface area contributed by atoms with Gasteiger partial charge >= 0.3 is 6.03 Å². The van der Waals surface area contributed by atoms with Gasteiger partial charge in [0.2, 0.25) is 12.3 Å². The number of likely N-dealkylation sites (N-methyl/N-ethyl adjacent to an activating group) is 1. The third kappa shape index (κ3) is 23.3. The number of likely N-dealkylation sites (tertiary alicyclic amines) is 1. The molecule has 7 N–H and O–H groups in total. The summed E-state index contributed by atoms with van der Waals surface area (Å²) < 4.78 is 0. The molecule has 3 unspecified atom stereocenters. The Bertz CT molecular complexity index is 983. The molecule has 1 aliphatic carbocycles. The maximum Gasteiger partial charge on any atom is 0.312 e. The van der Waals surface area contributed by atoms with Gasteiger partial charge in [-0.3, -0.25) is 14.5 Å². The van der Waals surface area contributed by atoms with Crippen molar-refractivity contribution < 1.29 is 29.1 Å². The van der Waals surface area contributed by atoms with E-state index in [1.807, 2.05) is 40.2 Å². The fourth-order valence-electron chi connectivity index (χ4n) is 4.47. The van der Waals surface area contributed by atoms with Gasteiger partial charge in [0.1, 0.15) is 12.6 Å². The van der Waals surface area contributed by atoms with Gasteiger partial charge in [-0.25, -0.2) is 4.79 Å². The maximum atomic E-state index is 11.8. The Labute approximate surface area is 276 Å². The molecule has 4 amide bonds. The lowest BCUT2D eigenvalue weighted by molar-refractivity contribution is -0.125. The molecule has 1 aliphatic heterocycles. The lowest BCUT2D eigenvalue weighted by Crippen LogP contribution is -2.44. The standard InChI is InChI=1S/C12H14N2O2.C12H20N2O.C5H9NO.C2H7N.C2H4O.CH4O/c13-12(16)14-11(7-15)10-5-8-3-1-2-4-9(8)6-10;1-4-5-7-10(2)13-12(15)11-8-6-9-14(11)3;1-2-3-4-6-5-7;1-3-2;1-2-3;1-2/h1-4,7,10-11H,5-6H2,(H3,13,14,16);1,10-11H,5-9H2,2-3H3,(H,13,15);2,5H,1,3-4H2,(H,6,7);3H,1-2H3;2H,1H3;2H,1H3. The molecule has 0 radical (unpaired) electrons. The second kappa shape index (κ2) is 32.3. The topological polar surface area (TPSA) is 183 Å². The Kier molecular flexibility index (Phi) is 32.6. The Hall–Kier alpha value is -4.05. The zero-order valence-electron chi connectivity index (χ0n) is 28.6. The van der Waals surface area contributed by atoms with Crippen molar-refractivity contribution in [1.29, 1.82) is 0 Å². The van der Waals surface area contributed by atoms with E-state index in [1.165, 1.54) is 18.1 Å². The van der Waals surface area contributed by atoms with E-state index >= 15 is 0 Å². The zero-order valence-corrected chi connectivity index (χ0v) is 28.6. The molecule has 12 nitrogen and oxygen atoms in total. The normalized spacial score (nSPS) is 15.3. The second-order valence-electron chi connectivity index (χ2n) is 10.3. The number of terminal acetylenes is 1. The van der Waals surface area contributed by atoms with Crippen LogP contribution in [0.3, 0.4) is 0 Å². The number of hydrogen-bond donors (Lipinski definition) is 6. The van der Waals surface area contributed by atoms with Crippen LogP contribution in [-0.2, 0) is 32.0 Å². The summed E-state index contributed by atoms with van der Waals surface area (Å²) >= 11 is 0. The van der Waals surface area contributed by atoms with Gasteiger partial charge < -0.3 is 41.7 Å². The molecular formula is C34H58N6O6. The minimum atomic E-state index is -0.645. The highest BCUT2D eigenvalue weighted by molar-refractivity contribution is 5.82. The predicted molar refractivity (Wildman–Crippen MR) is 185 cm³/mol. The number of aliphatic hydroxyl groups excluding tert-OH is 1. The number of nitrogens with zero attached hydrogens (tertiary/aromatic N) is 1. The fourth-order valence-corrected chi connectivity index (χ4v) is 4.47. The van der Waals surface area contributed by atoms with Crippen molar-refractivity contribution in [2.45, 2.75) is 76.9 Å². The molecule has 3 rings (SSSR count). The molecule has 1 heterocycles. The van der Waals surface area contributed by atoms with Crippen LogP contribution in [0.1, 0.15) is 57.1 Å². The lowest BCUT2D eigenvalue weighted by Gasteiger charge is -2.21. The summed E-state index contributed by atoms with van der Waals surface area (Å²) in [6, 6.07) is 7.21. The number of carbonyl (C=O) groups is 5. The first kappa shape index (κ1) is 46.4. The number of nitrogens with one attached hydrogen (secondary N) is 4. The first-order valence-electron chi connectivity index (χ1n) is 15.3. The van der Waals surface area contributed by atoms with Crippen molar-refractivity contribution in [3.8, 4) is 12.3 Å². The quantitative estimate of drug-likeness (QED) is 0.0907. The van der Waals surface area contributed by atoms with Gasteiger partial charge in [-0.05, 0) is 97.1 Å². The zero-order chi connectivity index (χ0) is 35.8. The van der Waals surface area contributed by atoms with E-state index in [9.17, 15) is 19.2 Å². The van der Waals surface area contributed by atoms with Crippen LogP contribution in [0.4, 0.5) is 4.79 Å². The maximum absolute atomic E-state index is 11.8. The van der Waals surface area contributed by atoms with E-state index in [4.69, 9.17) is 22.1 Å². The van der Waals surface area contributed by atoms with Crippen molar-refractivity contribution in [3.63, 3.8) is 0 Å². The molecule has 0 aromatic heterocycles. The average Bonchev–Trinajstić information content (AvgIpc) is 3.68. The monoisotopic (exact) mass is 646 g/mol. The highest BCUT2D eigenvalue weighted by Crippen LogP contribution is 2.28. The van der Waals surface area contributed by atoms with E-state index in [0.29, 0.717) is 13.0 Å². The van der Waals surface area contributed by atoms with Gasteiger partial charge in [-0.15, -0.1) is 18.9 Å². The molecule has 2 aliphatic rings. The van der Waals surface area contributed by atoms with Crippen LogP contribution < -0.4 is 27.0 Å². The number of amides is 4. The van der Waals surface area contributed by atoms with E-state index < -0.39 is 12.1 Å². The van der Waals surface area contributed by atoms with Crippen LogP contribution in [-0.4, -0.2) is 100 Å². The van der Waals surface area contributed by atoms with Crippen LogP contribution in [0.2, 0.25) is 0 Å². The first-order chi connectivity index (χ1) is 22.1. The molecule has 260 valence electrons. The van der Waals surface area contributed by atoms with Gasteiger partial charge in [-0.1, -0.05) is 30.3 Å². The number of nitrogens with two attached hydrogens (primary N) is 1. The minimum Gasteiger partial charge on any atom is -0.400 e. The average molecular weight is 647 g/mol. The summed E-state index contributed by atoms with van der Waals surface area (Å²) in [4.78, 5) is 53.9. The number of fused-ring (bicyclic) bond motifs is 1. The van der Waals surface area contributed by atoms with Crippen molar-refractivity contribution in [3.05, 3.63) is 48.0 Å². The highest BCUT2D eigenvalue weighted by Gasteiger charge is 2.29. The number of hydrogen-bond acceptors (Lipinski definition) is 8. The van der Waals surface area contributed by atoms with Crippen molar-refractivity contribution in [2.75, 3.05) is 41.3 Å². The number of rotatable bonds is 11. The smallest absolute Gasteiger partial charge is 0.312 e. The van der Waals surface area contributed by atoms with E-state index in [-0.39, 0.29) is 23.9 Å². The van der Waals surface area contributed by atoms with E-state index in [2.05, 4.69) is 50.8 Å². The molecule has 0 bridgehead atoms. The molecule has 3 atom stereocenters. The summed E-state index contributed by atoms with van der Waals surface area (Å²) in [6.07, 6.45) is 15.3. The number of primary amides is 1.